The van der Waals surface area contributed by atoms with Crippen molar-refractivity contribution in [1.29, 1.82) is 0 Å². The Labute approximate surface area is 104 Å². The van der Waals surface area contributed by atoms with Crippen molar-refractivity contribution in [2.45, 2.75) is 51.1 Å². The molecule has 0 fully saturated rings. The van der Waals surface area contributed by atoms with Gasteiger partial charge in [0.2, 0.25) is 0 Å². The van der Waals surface area contributed by atoms with Crippen LogP contribution in [0, 0.1) is 0 Å². The normalized spacial score (nSPS) is 14.7. The van der Waals surface area contributed by atoms with Gasteiger partial charge in [0, 0.05) is 17.0 Å². The monoisotopic (exact) mass is 236 g/mol. The van der Waals surface area contributed by atoms with Crippen LogP contribution in [0.2, 0.25) is 0 Å². The summed E-state index contributed by atoms with van der Waals surface area (Å²) in [5.74, 6) is 0.323. The van der Waals surface area contributed by atoms with Crippen molar-refractivity contribution in [3.05, 3.63) is 29.8 Å². The van der Waals surface area contributed by atoms with Gasteiger partial charge in [0.25, 0.3) is 0 Å². The molecule has 17 heavy (non-hydrogen) atoms. The van der Waals surface area contributed by atoms with Gasteiger partial charge >= 0.3 is 0 Å². The van der Waals surface area contributed by atoms with Gasteiger partial charge < -0.3 is 16.6 Å². The Kier molecular flexibility index (Phi) is 3.84. The summed E-state index contributed by atoms with van der Waals surface area (Å²) in [5.41, 5.74) is 12.4. The van der Waals surface area contributed by atoms with E-state index in [0.29, 0.717) is 5.75 Å². The maximum Gasteiger partial charge on any atom is 0.119 e. The van der Waals surface area contributed by atoms with Crippen LogP contribution in [0.3, 0.4) is 0 Å². The van der Waals surface area contributed by atoms with E-state index in [2.05, 4.69) is 0 Å². The summed E-state index contributed by atoms with van der Waals surface area (Å²) in [6, 6.07) is 7.34. The van der Waals surface area contributed by atoms with Crippen molar-refractivity contribution in [1.82, 2.24) is 0 Å². The van der Waals surface area contributed by atoms with Crippen LogP contribution < -0.4 is 11.5 Å². The standard InChI is InChI=1S/C14H24N2O/c1-13(2,15)9-11(14(3,4)16)10-7-5-6-8-12(10)17/h5-8,11,17H,9,15-16H2,1-4H3. The minimum Gasteiger partial charge on any atom is -0.508 e. The first-order valence-corrected chi connectivity index (χ1v) is 5.97. The average molecular weight is 236 g/mol. The van der Waals surface area contributed by atoms with Crippen LogP contribution in [-0.4, -0.2) is 16.2 Å². The van der Waals surface area contributed by atoms with Crippen LogP contribution in [0.15, 0.2) is 24.3 Å². The second kappa shape index (κ2) is 4.67. The molecular weight excluding hydrogens is 212 g/mol. The lowest BCUT2D eigenvalue weighted by molar-refractivity contribution is 0.316. The quantitative estimate of drug-likeness (QED) is 0.751. The molecule has 0 aromatic heterocycles. The molecule has 1 atom stereocenters. The molecule has 5 N–H and O–H groups in total. The first kappa shape index (κ1) is 14.0. The second-order valence-corrected chi connectivity index (χ2v) is 6.13. The van der Waals surface area contributed by atoms with Gasteiger partial charge in [0.15, 0.2) is 0 Å². The van der Waals surface area contributed by atoms with Crippen molar-refractivity contribution >= 4 is 0 Å². The lowest BCUT2D eigenvalue weighted by Crippen LogP contribution is -2.45. The Morgan fingerprint density at radius 3 is 2.06 bits per heavy atom. The average Bonchev–Trinajstić information content (AvgIpc) is 2.12. The van der Waals surface area contributed by atoms with Crippen LogP contribution in [-0.2, 0) is 0 Å². The number of nitrogens with two attached hydrogens (primary N) is 2. The van der Waals surface area contributed by atoms with E-state index in [1.165, 1.54) is 0 Å². The highest BCUT2D eigenvalue weighted by molar-refractivity contribution is 5.37. The van der Waals surface area contributed by atoms with Gasteiger partial charge in [0.1, 0.15) is 5.75 Å². The Morgan fingerprint density at radius 2 is 1.65 bits per heavy atom. The third-order valence-corrected chi connectivity index (χ3v) is 2.94. The zero-order valence-corrected chi connectivity index (χ0v) is 11.2. The van der Waals surface area contributed by atoms with Gasteiger partial charge in [0.05, 0.1) is 0 Å². The number of hydrogen-bond donors (Lipinski definition) is 3. The summed E-state index contributed by atoms with van der Waals surface area (Å²) in [7, 11) is 0. The number of phenolic OH excluding ortho intramolecular Hbond substituents is 1. The van der Waals surface area contributed by atoms with Crippen LogP contribution in [0.5, 0.6) is 5.75 Å². The van der Waals surface area contributed by atoms with Gasteiger partial charge in [-0.05, 0) is 45.7 Å². The lowest BCUT2D eigenvalue weighted by atomic mass is 9.75. The highest BCUT2D eigenvalue weighted by atomic mass is 16.3. The Bertz CT molecular complexity index is 375. The molecule has 0 amide bonds. The predicted octanol–water partition coefficient (Wildman–Crippen LogP) is 2.34. The van der Waals surface area contributed by atoms with Crippen LogP contribution >= 0.6 is 0 Å². The zero-order valence-electron chi connectivity index (χ0n) is 11.2. The second-order valence-electron chi connectivity index (χ2n) is 6.13. The van der Waals surface area contributed by atoms with E-state index in [1.807, 2.05) is 45.9 Å². The smallest absolute Gasteiger partial charge is 0.119 e. The summed E-state index contributed by atoms with van der Waals surface area (Å²) in [4.78, 5) is 0. The molecule has 0 radical (unpaired) electrons. The molecule has 0 saturated heterocycles. The fourth-order valence-electron chi connectivity index (χ4n) is 2.08. The Balaban J connectivity index is 3.13. The fraction of sp³-hybridized carbons (Fsp3) is 0.571. The highest BCUT2D eigenvalue weighted by Gasteiger charge is 2.32. The summed E-state index contributed by atoms with van der Waals surface area (Å²) in [6.45, 7) is 7.89. The van der Waals surface area contributed by atoms with E-state index in [0.717, 1.165) is 12.0 Å². The van der Waals surface area contributed by atoms with Crippen molar-refractivity contribution in [3.63, 3.8) is 0 Å². The number of rotatable bonds is 4. The number of phenols is 1. The van der Waals surface area contributed by atoms with Gasteiger partial charge in [-0.1, -0.05) is 18.2 Å². The van der Waals surface area contributed by atoms with Crippen molar-refractivity contribution < 1.29 is 5.11 Å². The van der Waals surface area contributed by atoms with Gasteiger partial charge in [-0.25, -0.2) is 0 Å². The topological polar surface area (TPSA) is 72.3 Å². The predicted molar refractivity (Wildman–Crippen MR) is 72.0 cm³/mol. The minimum atomic E-state index is -0.421. The molecule has 0 saturated carbocycles. The Morgan fingerprint density at radius 1 is 1.12 bits per heavy atom. The number of para-hydroxylation sites is 1. The van der Waals surface area contributed by atoms with E-state index in [9.17, 15) is 5.11 Å². The van der Waals surface area contributed by atoms with E-state index < -0.39 is 5.54 Å². The molecule has 0 aliphatic heterocycles. The number of benzene rings is 1. The number of aromatic hydroxyl groups is 1. The Hall–Kier alpha value is -1.06. The molecule has 1 aromatic rings. The largest absolute Gasteiger partial charge is 0.508 e. The molecule has 0 bridgehead atoms. The zero-order chi connectivity index (χ0) is 13.3. The van der Waals surface area contributed by atoms with Gasteiger partial charge in [-0.15, -0.1) is 0 Å². The molecule has 1 rings (SSSR count). The molecule has 3 heteroatoms. The van der Waals surface area contributed by atoms with Crippen molar-refractivity contribution in [2.75, 3.05) is 0 Å². The highest BCUT2D eigenvalue weighted by Crippen LogP contribution is 2.37. The first-order valence-electron chi connectivity index (χ1n) is 5.97. The molecule has 0 spiro atoms. The van der Waals surface area contributed by atoms with E-state index >= 15 is 0 Å². The summed E-state index contributed by atoms with van der Waals surface area (Å²) in [5, 5.41) is 9.94. The molecule has 1 unspecified atom stereocenters. The third-order valence-electron chi connectivity index (χ3n) is 2.94. The molecule has 0 aliphatic carbocycles. The van der Waals surface area contributed by atoms with Crippen LogP contribution in [0.4, 0.5) is 0 Å². The molecule has 3 nitrogen and oxygen atoms in total. The van der Waals surface area contributed by atoms with E-state index in [-0.39, 0.29) is 11.5 Å². The summed E-state index contributed by atoms with van der Waals surface area (Å²) in [6.07, 6.45) is 0.730. The molecule has 1 aromatic carbocycles. The minimum absolute atomic E-state index is 0.0312. The first-order chi connectivity index (χ1) is 7.61. The molecular formula is C14H24N2O. The van der Waals surface area contributed by atoms with Crippen LogP contribution in [0.25, 0.3) is 0 Å². The van der Waals surface area contributed by atoms with Crippen LogP contribution in [0.1, 0.15) is 45.6 Å². The van der Waals surface area contributed by atoms with E-state index in [1.54, 1.807) is 6.07 Å². The molecule has 0 aliphatic rings. The summed E-state index contributed by atoms with van der Waals surface area (Å²) >= 11 is 0. The molecule has 96 valence electrons. The van der Waals surface area contributed by atoms with E-state index in [4.69, 9.17) is 11.5 Å². The van der Waals surface area contributed by atoms with Gasteiger partial charge in [-0.3, -0.25) is 0 Å². The maximum absolute atomic E-state index is 9.94. The van der Waals surface area contributed by atoms with Crippen molar-refractivity contribution in [3.8, 4) is 5.75 Å². The maximum atomic E-state index is 9.94. The number of hydrogen-bond acceptors (Lipinski definition) is 3. The van der Waals surface area contributed by atoms with Crippen molar-refractivity contribution in [2.24, 2.45) is 11.5 Å². The summed E-state index contributed by atoms with van der Waals surface area (Å²) < 4.78 is 0. The third kappa shape index (κ3) is 4.02. The molecule has 0 heterocycles. The SMILES string of the molecule is CC(C)(N)CC(c1ccccc1O)C(C)(C)N. The van der Waals surface area contributed by atoms with Gasteiger partial charge in [-0.2, -0.15) is 0 Å². The fourth-order valence-corrected chi connectivity index (χ4v) is 2.08. The lowest BCUT2D eigenvalue weighted by Gasteiger charge is -2.36.